The highest BCUT2D eigenvalue weighted by Gasteiger charge is 2.32. The number of hydrogen-bond acceptors (Lipinski definition) is 1. The van der Waals surface area contributed by atoms with Crippen LogP contribution >= 0.6 is 15.9 Å². The first kappa shape index (κ1) is 15.4. The molecule has 1 aromatic rings. The fourth-order valence-electron chi connectivity index (χ4n) is 4.15. The van der Waals surface area contributed by atoms with Crippen LogP contribution in [-0.4, -0.2) is 18.4 Å². The van der Waals surface area contributed by atoms with Gasteiger partial charge >= 0.3 is 0 Å². The number of benzene rings is 1. The zero-order valence-electron chi connectivity index (χ0n) is 13.1. The van der Waals surface area contributed by atoms with Crippen LogP contribution in [0.2, 0.25) is 0 Å². The van der Waals surface area contributed by atoms with E-state index in [0.29, 0.717) is 5.41 Å². The zero-order chi connectivity index (χ0) is 14.5. The number of nitrogens with zero attached hydrogens (tertiary/aromatic N) is 1. The summed E-state index contributed by atoms with van der Waals surface area (Å²) in [4.78, 5) is 2.70. The molecule has 1 nitrogen and oxygen atoms in total. The second kappa shape index (κ2) is 7.17. The molecule has 116 valence electrons. The lowest BCUT2D eigenvalue weighted by Gasteiger charge is -2.38. The van der Waals surface area contributed by atoms with Crippen molar-refractivity contribution >= 4 is 21.6 Å². The van der Waals surface area contributed by atoms with Crippen molar-refractivity contribution in [2.24, 2.45) is 5.41 Å². The fraction of sp³-hybridized carbons (Fsp3) is 0.684. The summed E-state index contributed by atoms with van der Waals surface area (Å²) in [6.45, 7) is 2.49. The first-order valence-corrected chi connectivity index (χ1v) is 9.84. The Morgan fingerprint density at radius 1 is 0.952 bits per heavy atom. The smallest absolute Gasteiger partial charge is 0.0398 e. The molecule has 0 bridgehead atoms. The lowest BCUT2D eigenvalue weighted by Crippen LogP contribution is -2.39. The summed E-state index contributed by atoms with van der Waals surface area (Å²) in [5.74, 6) is 0. The van der Waals surface area contributed by atoms with Gasteiger partial charge in [-0.25, -0.2) is 0 Å². The second-order valence-electron chi connectivity index (χ2n) is 7.06. The van der Waals surface area contributed by atoms with E-state index >= 15 is 0 Å². The van der Waals surface area contributed by atoms with Crippen LogP contribution in [0, 0.1) is 5.41 Å². The van der Waals surface area contributed by atoms with Crippen LogP contribution in [-0.2, 0) is 6.42 Å². The van der Waals surface area contributed by atoms with Gasteiger partial charge in [0.15, 0.2) is 0 Å². The summed E-state index contributed by atoms with van der Waals surface area (Å²) in [6.07, 6.45) is 12.4. The predicted molar refractivity (Wildman–Crippen MR) is 95.5 cm³/mol. The molecule has 0 saturated heterocycles. The molecule has 3 rings (SSSR count). The van der Waals surface area contributed by atoms with Crippen LogP contribution in [0.5, 0.6) is 0 Å². The van der Waals surface area contributed by atoms with E-state index in [2.05, 4.69) is 45.1 Å². The molecule has 1 fully saturated rings. The molecule has 1 saturated carbocycles. The molecule has 0 radical (unpaired) electrons. The Balaban J connectivity index is 1.82. The van der Waals surface area contributed by atoms with Crippen molar-refractivity contribution in [3.05, 3.63) is 29.8 Å². The van der Waals surface area contributed by atoms with Gasteiger partial charge in [-0.2, -0.15) is 0 Å². The quantitative estimate of drug-likeness (QED) is 0.509. The molecule has 1 heterocycles. The Bertz CT molecular complexity index is 449. The topological polar surface area (TPSA) is 3.24 Å². The highest BCUT2D eigenvalue weighted by molar-refractivity contribution is 9.09. The molecule has 1 aliphatic heterocycles. The second-order valence-corrected chi connectivity index (χ2v) is 7.62. The summed E-state index contributed by atoms with van der Waals surface area (Å²) in [6, 6.07) is 9.10. The first-order valence-electron chi connectivity index (χ1n) is 8.72. The van der Waals surface area contributed by atoms with Crippen molar-refractivity contribution in [3.63, 3.8) is 0 Å². The SMILES string of the molecule is BrCC1(CN2CCCCc3ccccc32)CCCCCC1. The standard InChI is InChI=1S/C19H28BrN/c20-15-19(12-6-1-2-7-13-19)16-21-14-8-5-10-17-9-3-4-11-18(17)21/h3-4,9,11H,1-2,5-8,10,12-16H2. The van der Waals surface area contributed by atoms with E-state index in [1.807, 2.05) is 0 Å². The van der Waals surface area contributed by atoms with Crippen LogP contribution < -0.4 is 4.90 Å². The fourth-order valence-corrected chi connectivity index (χ4v) is 4.89. The first-order chi connectivity index (χ1) is 10.3. The van der Waals surface area contributed by atoms with Gasteiger partial charge < -0.3 is 4.90 Å². The van der Waals surface area contributed by atoms with E-state index in [9.17, 15) is 0 Å². The number of hydrogen-bond donors (Lipinski definition) is 0. The number of rotatable bonds is 3. The van der Waals surface area contributed by atoms with Crippen molar-refractivity contribution in [2.45, 2.75) is 57.8 Å². The minimum absolute atomic E-state index is 0.494. The maximum absolute atomic E-state index is 3.86. The lowest BCUT2D eigenvalue weighted by atomic mass is 9.81. The lowest BCUT2D eigenvalue weighted by molar-refractivity contribution is 0.291. The van der Waals surface area contributed by atoms with Crippen molar-refractivity contribution < 1.29 is 0 Å². The molecule has 0 spiro atoms. The van der Waals surface area contributed by atoms with Gasteiger partial charge in [0.25, 0.3) is 0 Å². The molecule has 2 aliphatic rings. The summed E-state index contributed by atoms with van der Waals surface area (Å²) >= 11 is 3.86. The van der Waals surface area contributed by atoms with E-state index in [1.165, 1.54) is 81.9 Å². The van der Waals surface area contributed by atoms with Gasteiger partial charge in [-0.1, -0.05) is 59.8 Å². The number of para-hydroxylation sites is 1. The zero-order valence-corrected chi connectivity index (χ0v) is 14.7. The maximum Gasteiger partial charge on any atom is 0.0398 e. The van der Waals surface area contributed by atoms with Crippen molar-refractivity contribution in [2.75, 3.05) is 23.3 Å². The van der Waals surface area contributed by atoms with Gasteiger partial charge in [-0.15, -0.1) is 0 Å². The predicted octanol–water partition coefficient (Wildman–Crippen LogP) is 5.56. The third kappa shape index (κ3) is 3.64. The third-order valence-electron chi connectivity index (χ3n) is 5.43. The van der Waals surface area contributed by atoms with Gasteiger partial charge in [-0.05, 0) is 49.1 Å². The number of anilines is 1. The van der Waals surface area contributed by atoms with Crippen molar-refractivity contribution in [1.29, 1.82) is 0 Å². The normalized spacial score (nSPS) is 22.2. The molecule has 0 unspecified atom stereocenters. The molecule has 0 N–H and O–H groups in total. The number of alkyl halides is 1. The van der Waals surface area contributed by atoms with Crippen LogP contribution in [0.4, 0.5) is 5.69 Å². The van der Waals surface area contributed by atoms with E-state index in [0.717, 1.165) is 0 Å². The average molecular weight is 350 g/mol. The highest BCUT2D eigenvalue weighted by Crippen LogP contribution is 2.39. The van der Waals surface area contributed by atoms with E-state index in [-0.39, 0.29) is 0 Å². The minimum atomic E-state index is 0.494. The Labute approximate surface area is 138 Å². The summed E-state index contributed by atoms with van der Waals surface area (Å²) in [5, 5.41) is 1.17. The molecule has 0 amide bonds. The van der Waals surface area contributed by atoms with Crippen LogP contribution in [0.25, 0.3) is 0 Å². The maximum atomic E-state index is 3.86. The molecule has 21 heavy (non-hydrogen) atoms. The van der Waals surface area contributed by atoms with Gasteiger partial charge in [-0.3, -0.25) is 0 Å². The van der Waals surface area contributed by atoms with Gasteiger partial charge in [0.1, 0.15) is 0 Å². The van der Waals surface area contributed by atoms with Crippen LogP contribution in [0.15, 0.2) is 24.3 Å². The minimum Gasteiger partial charge on any atom is -0.371 e. The molecular formula is C19H28BrN. The number of fused-ring (bicyclic) bond motifs is 1. The summed E-state index contributed by atoms with van der Waals surface area (Å²) < 4.78 is 0. The molecule has 0 atom stereocenters. The van der Waals surface area contributed by atoms with Crippen molar-refractivity contribution in [3.8, 4) is 0 Å². The van der Waals surface area contributed by atoms with Gasteiger partial charge in [0, 0.05) is 24.1 Å². The van der Waals surface area contributed by atoms with E-state index in [4.69, 9.17) is 0 Å². The van der Waals surface area contributed by atoms with Crippen LogP contribution in [0.3, 0.4) is 0 Å². The van der Waals surface area contributed by atoms with Crippen molar-refractivity contribution in [1.82, 2.24) is 0 Å². The Morgan fingerprint density at radius 2 is 1.71 bits per heavy atom. The monoisotopic (exact) mass is 349 g/mol. The molecule has 1 aliphatic carbocycles. The van der Waals surface area contributed by atoms with Gasteiger partial charge in [0.2, 0.25) is 0 Å². The molecular weight excluding hydrogens is 322 g/mol. The Kier molecular flexibility index (Phi) is 5.26. The summed E-state index contributed by atoms with van der Waals surface area (Å²) in [5.41, 5.74) is 3.57. The van der Waals surface area contributed by atoms with E-state index < -0.39 is 0 Å². The molecule has 2 heteroatoms. The van der Waals surface area contributed by atoms with E-state index in [1.54, 1.807) is 5.56 Å². The number of aryl methyl sites for hydroxylation is 1. The highest BCUT2D eigenvalue weighted by atomic mass is 79.9. The van der Waals surface area contributed by atoms with Gasteiger partial charge in [0.05, 0.1) is 0 Å². The Morgan fingerprint density at radius 3 is 2.48 bits per heavy atom. The molecule has 0 aromatic heterocycles. The Hall–Kier alpha value is -0.500. The van der Waals surface area contributed by atoms with Crippen LogP contribution in [0.1, 0.15) is 56.9 Å². The summed E-state index contributed by atoms with van der Waals surface area (Å²) in [7, 11) is 0. The largest absolute Gasteiger partial charge is 0.371 e. The average Bonchev–Trinajstić information content (AvgIpc) is 2.87. The number of halogens is 1. The molecule has 1 aromatic carbocycles. The third-order valence-corrected chi connectivity index (χ3v) is 6.62.